The number of anilines is 6. The van der Waals surface area contributed by atoms with Crippen molar-refractivity contribution in [2.24, 2.45) is 0 Å². The van der Waals surface area contributed by atoms with E-state index in [1.165, 1.54) is 12.1 Å². The minimum absolute atomic E-state index is 0.551. The molecule has 0 N–H and O–H groups in total. The SMILES string of the molecule is FC(F)(F)c1ccc(N(c2ccc3c(c2)C2(c4ccccc4-c4ccccc42)c2cccc4c(N(c5ccc(C(F)(F)F)cc5)c5ccccc5-c5ccccc5)ccc-3c24)c2ccccc2-c2ccccc2)cc1. The number of fused-ring (bicyclic) bond motifs is 9. The lowest BCUT2D eigenvalue weighted by atomic mass is 9.61. The van der Waals surface area contributed by atoms with Gasteiger partial charge in [-0.2, -0.15) is 26.3 Å². The highest BCUT2D eigenvalue weighted by atomic mass is 19.4. The maximum absolute atomic E-state index is 14.2. The molecule has 2 nitrogen and oxygen atoms in total. The maximum atomic E-state index is 14.2. The molecule has 13 rings (SSSR count). The van der Waals surface area contributed by atoms with Crippen molar-refractivity contribution < 1.29 is 26.3 Å². The molecular weight excluding hydrogens is 947 g/mol. The minimum Gasteiger partial charge on any atom is -0.310 e. The number of hydrogen-bond acceptors (Lipinski definition) is 2. The first kappa shape index (κ1) is 45.7. The van der Waals surface area contributed by atoms with Crippen LogP contribution in [0.15, 0.2) is 255 Å². The van der Waals surface area contributed by atoms with Gasteiger partial charge in [0.2, 0.25) is 0 Å². The molecule has 11 aromatic carbocycles. The molecule has 0 bridgehead atoms. The van der Waals surface area contributed by atoms with Crippen LogP contribution in [0.2, 0.25) is 0 Å². The second-order valence-corrected chi connectivity index (χ2v) is 19.0. The van der Waals surface area contributed by atoms with Gasteiger partial charge >= 0.3 is 12.4 Å². The average molecular weight is 989 g/mol. The number of halogens is 6. The smallest absolute Gasteiger partial charge is 0.310 e. The molecule has 1 spiro atoms. The highest BCUT2D eigenvalue weighted by Crippen LogP contribution is 2.63. The molecule has 11 aromatic rings. The molecule has 0 radical (unpaired) electrons. The average Bonchev–Trinajstić information content (AvgIpc) is 3.99. The van der Waals surface area contributed by atoms with Gasteiger partial charge in [-0.3, -0.25) is 0 Å². The summed E-state index contributed by atoms with van der Waals surface area (Å²) >= 11 is 0. The van der Waals surface area contributed by atoms with Gasteiger partial charge in [0.25, 0.3) is 0 Å². The van der Waals surface area contributed by atoms with Gasteiger partial charge in [0.05, 0.1) is 33.6 Å². The van der Waals surface area contributed by atoms with Crippen molar-refractivity contribution in [2.45, 2.75) is 17.8 Å². The predicted molar refractivity (Wildman–Crippen MR) is 290 cm³/mol. The first-order valence-corrected chi connectivity index (χ1v) is 24.6. The molecule has 362 valence electrons. The topological polar surface area (TPSA) is 6.48 Å². The van der Waals surface area contributed by atoms with Gasteiger partial charge in [-0.25, -0.2) is 0 Å². The Morgan fingerprint density at radius 1 is 0.280 bits per heavy atom. The lowest BCUT2D eigenvalue weighted by Crippen LogP contribution is -2.32. The summed E-state index contributed by atoms with van der Waals surface area (Å²) in [5.74, 6) is 0. The number of rotatable bonds is 8. The van der Waals surface area contributed by atoms with E-state index in [-0.39, 0.29) is 0 Å². The zero-order valence-corrected chi connectivity index (χ0v) is 39.9. The summed E-state index contributed by atoms with van der Waals surface area (Å²) in [4.78, 5) is 4.12. The molecule has 0 saturated carbocycles. The summed E-state index contributed by atoms with van der Waals surface area (Å²) in [6, 6.07) is 80.5. The molecule has 0 saturated heterocycles. The Morgan fingerprint density at radius 3 is 1.23 bits per heavy atom. The monoisotopic (exact) mass is 988 g/mol. The molecule has 0 aromatic heterocycles. The van der Waals surface area contributed by atoms with Crippen LogP contribution in [0.3, 0.4) is 0 Å². The maximum Gasteiger partial charge on any atom is 0.416 e. The van der Waals surface area contributed by atoms with Crippen LogP contribution in [0.25, 0.3) is 55.3 Å². The van der Waals surface area contributed by atoms with Crippen molar-refractivity contribution in [3.05, 3.63) is 288 Å². The fourth-order valence-corrected chi connectivity index (χ4v) is 11.8. The highest BCUT2D eigenvalue weighted by molar-refractivity contribution is 6.13. The van der Waals surface area contributed by atoms with Gasteiger partial charge in [0.15, 0.2) is 0 Å². The van der Waals surface area contributed by atoms with Crippen molar-refractivity contribution in [3.8, 4) is 44.5 Å². The first-order chi connectivity index (χ1) is 36.5. The van der Waals surface area contributed by atoms with Crippen molar-refractivity contribution in [1.82, 2.24) is 0 Å². The van der Waals surface area contributed by atoms with Crippen LogP contribution in [0.4, 0.5) is 60.5 Å². The third-order valence-corrected chi connectivity index (χ3v) is 14.9. The van der Waals surface area contributed by atoms with E-state index >= 15 is 0 Å². The summed E-state index contributed by atoms with van der Waals surface area (Å²) in [5, 5.41) is 1.89. The van der Waals surface area contributed by atoms with Gasteiger partial charge in [0.1, 0.15) is 0 Å². The Kier molecular flexibility index (Phi) is 10.7. The fourth-order valence-electron chi connectivity index (χ4n) is 11.8. The third-order valence-electron chi connectivity index (χ3n) is 14.9. The highest BCUT2D eigenvalue weighted by Gasteiger charge is 2.50. The number of nitrogens with zero attached hydrogens (tertiary/aromatic N) is 2. The van der Waals surface area contributed by atoms with Crippen molar-refractivity contribution >= 4 is 44.9 Å². The van der Waals surface area contributed by atoms with E-state index < -0.39 is 28.9 Å². The molecule has 2 aliphatic rings. The van der Waals surface area contributed by atoms with Crippen LogP contribution in [0.5, 0.6) is 0 Å². The Balaban J connectivity index is 1.10. The molecule has 0 atom stereocenters. The molecule has 0 amide bonds. The summed E-state index contributed by atoms with van der Waals surface area (Å²) in [6.07, 6.45) is -9.05. The van der Waals surface area contributed by atoms with Crippen LogP contribution in [-0.2, 0) is 17.8 Å². The number of para-hydroxylation sites is 2. The van der Waals surface area contributed by atoms with Crippen molar-refractivity contribution in [1.29, 1.82) is 0 Å². The van der Waals surface area contributed by atoms with E-state index in [0.29, 0.717) is 11.4 Å². The Hall–Kier alpha value is -9.14. The zero-order chi connectivity index (χ0) is 51.1. The molecular formula is C67H42F6N2. The largest absolute Gasteiger partial charge is 0.416 e. The Bertz CT molecular complexity index is 3930. The minimum atomic E-state index is -4.53. The number of hydrogen-bond donors (Lipinski definition) is 0. The normalized spacial score (nSPS) is 13.0. The predicted octanol–water partition coefficient (Wildman–Crippen LogP) is 19.5. The summed E-state index contributed by atoms with van der Waals surface area (Å²) in [6.45, 7) is 0. The van der Waals surface area contributed by atoms with E-state index in [1.54, 1.807) is 12.1 Å². The van der Waals surface area contributed by atoms with Gasteiger partial charge < -0.3 is 9.80 Å². The molecule has 0 unspecified atom stereocenters. The number of benzene rings is 11. The van der Waals surface area contributed by atoms with E-state index in [9.17, 15) is 26.3 Å². The molecule has 0 fully saturated rings. The van der Waals surface area contributed by atoms with E-state index in [4.69, 9.17) is 0 Å². The standard InChI is InChI=1S/C67H42F6N2/c68-66(69,70)45-30-34-47(35-31-45)74(61-28-13-9-20-50(61)43-16-3-1-4-17-43)49-38-39-54-55-40-41-63(75(48-36-32-46(33-37-48)67(71,72)73)62-29-14-10-21-51(62)44-18-5-2-6-19-44)56-24-15-27-59(64(55)56)65(60(54)42-49)57-25-11-7-22-52(57)53-23-8-12-26-58(53)65/h1-42H. The summed E-state index contributed by atoms with van der Waals surface area (Å²) in [7, 11) is 0. The van der Waals surface area contributed by atoms with E-state index in [1.807, 2.05) is 109 Å². The molecule has 8 heteroatoms. The number of alkyl halides is 6. The second kappa shape index (κ2) is 17.5. The first-order valence-electron chi connectivity index (χ1n) is 24.6. The molecule has 2 aliphatic carbocycles. The van der Waals surface area contributed by atoms with Crippen LogP contribution >= 0.6 is 0 Å². The Morgan fingerprint density at radius 2 is 0.693 bits per heavy atom. The van der Waals surface area contributed by atoms with Gasteiger partial charge in [-0.1, -0.05) is 176 Å². The lowest BCUT2D eigenvalue weighted by molar-refractivity contribution is -0.138. The van der Waals surface area contributed by atoms with Crippen molar-refractivity contribution in [3.63, 3.8) is 0 Å². The van der Waals surface area contributed by atoms with Crippen molar-refractivity contribution in [2.75, 3.05) is 9.80 Å². The van der Waals surface area contributed by atoms with Crippen LogP contribution in [-0.4, -0.2) is 0 Å². The Labute approximate surface area is 429 Å². The van der Waals surface area contributed by atoms with Gasteiger partial charge in [0, 0.05) is 33.6 Å². The van der Waals surface area contributed by atoms with Crippen LogP contribution in [0.1, 0.15) is 33.4 Å². The molecule has 75 heavy (non-hydrogen) atoms. The van der Waals surface area contributed by atoms with E-state index in [0.717, 1.165) is 125 Å². The molecule has 0 heterocycles. The van der Waals surface area contributed by atoms with Crippen LogP contribution in [0, 0.1) is 0 Å². The van der Waals surface area contributed by atoms with E-state index in [2.05, 4.69) is 107 Å². The second-order valence-electron chi connectivity index (χ2n) is 19.0. The summed E-state index contributed by atoms with van der Waals surface area (Å²) in [5.41, 5.74) is 13.8. The summed E-state index contributed by atoms with van der Waals surface area (Å²) < 4.78 is 85.2. The zero-order valence-electron chi connectivity index (χ0n) is 39.9. The van der Waals surface area contributed by atoms with Gasteiger partial charge in [-0.15, -0.1) is 0 Å². The quantitative estimate of drug-likeness (QED) is 0.140. The third kappa shape index (κ3) is 7.34. The fraction of sp³-hybridized carbons (Fsp3) is 0.0448. The molecule has 0 aliphatic heterocycles. The van der Waals surface area contributed by atoms with Crippen LogP contribution < -0.4 is 9.80 Å². The van der Waals surface area contributed by atoms with Gasteiger partial charge in [-0.05, 0) is 140 Å². The lowest BCUT2D eigenvalue weighted by Gasteiger charge is -2.41.